The van der Waals surface area contributed by atoms with E-state index < -0.39 is 35.1 Å². The Balaban J connectivity index is 1.70. The molecule has 1 aliphatic heterocycles. The normalized spacial score (nSPS) is 17.3. The molecule has 3 aromatic carbocycles. The first-order valence-electron chi connectivity index (χ1n) is 10.7. The van der Waals surface area contributed by atoms with Gasteiger partial charge in [0.05, 0.1) is 22.4 Å². The van der Waals surface area contributed by atoms with Crippen LogP contribution in [0.4, 0.5) is 13.9 Å². The molecule has 1 aliphatic rings. The highest BCUT2D eigenvalue weighted by Gasteiger charge is 2.49. The Hall–Kier alpha value is -4.11. The number of hydrogen-bond donors (Lipinski definition) is 1. The average molecular weight is 493 g/mol. The largest absolute Gasteiger partial charge is 0.507 e. The molecule has 0 saturated carbocycles. The lowest BCUT2D eigenvalue weighted by atomic mass is 9.95. The predicted molar refractivity (Wildman–Crippen MR) is 128 cm³/mol. The Morgan fingerprint density at radius 3 is 2.54 bits per heavy atom. The van der Waals surface area contributed by atoms with E-state index in [1.54, 1.807) is 30.3 Å². The number of carbonyl (C=O) groups is 2. The molecule has 2 heterocycles. The molecule has 0 spiro atoms. The van der Waals surface area contributed by atoms with E-state index in [-0.39, 0.29) is 21.8 Å². The lowest BCUT2D eigenvalue weighted by Crippen LogP contribution is -2.29. The van der Waals surface area contributed by atoms with Crippen molar-refractivity contribution in [2.45, 2.75) is 13.0 Å². The number of aliphatic hydroxyl groups excluding tert-OH is 1. The Morgan fingerprint density at radius 1 is 1.09 bits per heavy atom. The highest BCUT2D eigenvalue weighted by Crippen LogP contribution is 2.45. The van der Waals surface area contributed by atoms with Crippen molar-refractivity contribution in [1.82, 2.24) is 4.98 Å². The summed E-state index contributed by atoms with van der Waals surface area (Å²) >= 11 is 0.994. The van der Waals surface area contributed by atoms with Crippen molar-refractivity contribution in [3.63, 3.8) is 0 Å². The number of aromatic nitrogens is 1. The minimum atomic E-state index is -1.27. The average Bonchev–Trinajstić information content (AvgIpc) is 3.37. The van der Waals surface area contributed by atoms with Gasteiger partial charge < -0.3 is 9.84 Å². The molecule has 9 heteroatoms. The van der Waals surface area contributed by atoms with E-state index in [2.05, 4.69) is 4.98 Å². The first-order chi connectivity index (χ1) is 16.9. The highest BCUT2D eigenvalue weighted by molar-refractivity contribution is 7.22. The van der Waals surface area contributed by atoms with Crippen LogP contribution >= 0.6 is 11.3 Å². The summed E-state index contributed by atoms with van der Waals surface area (Å²) in [5, 5.41) is 11.2. The van der Waals surface area contributed by atoms with E-state index >= 15 is 0 Å². The van der Waals surface area contributed by atoms with Gasteiger partial charge in [-0.25, -0.2) is 13.8 Å². The van der Waals surface area contributed by atoms with Crippen molar-refractivity contribution >= 4 is 44.1 Å². The number of nitrogens with zero attached hydrogens (tertiary/aromatic N) is 2. The third-order valence-electron chi connectivity index (χ3n) is 5.63. The summed E-state index contributed by atoms with van der Waals surface area (Å²) in [5.74, 6) is -2.96. The molecule has 35 heavy (non-hydrogen) atoms. The van der Waals surface area contributed by atoms with Gasteiger partial charge in [0.1, 0.15) is 29.2 Å². The lowest BCUT2D eigenvalue weighted by molar-refractivity contribution is -0.132. The molecule has 0 aliphatic carbocycles. The molecule has 4 aromatic rings. The summed E-state index contributed by atoms with van der Waals surface area (Å²) in [5.41, 5.74) is 0.436. The molecule has 1 unspecified atom stereocenters. The number of hydrogen-bond acceptors (Lipinski definition) is 6. The van der Waals surface area contributed by atoms with E-state index in [1.807, 2.05) is 6.92 Å². The van der Waals surface area contributed by atoms with Crippen LogP contribution in [0.5, 0.6) is 5.75 Å². The summed E-state index contributed by atoms with van der Waals surface area (Å²) in [6.45, 7) is 2.29. The Labute approximate surface area is 202 Å². The van der Waals surface area contributed by atoms with E-state index in [4.69, 9.17) is 4.74 Å². The van der Waals surface area contributed by atoms with Crippen LogP contribution in [-0.2, 0) is 9.59 Å². The number of benzene rings is 3. The molecule has 1 saturated heterocycles. The molecule has 6 nitrogen and oxygen atoms in total. The van der Waals surface area contributed by atoms with Crippen molar-refractivity contribution in [3.8, 4) is 5.75 Å². The van der Waals surface area contributed by atoms with Gasteiger partial charge in [0, 0.05) is 11.1 Å². The van der Waals surface area contributed by atoms with Gasteiger partial charge >= 0.3 is 5.91 Å². The summed E-state index contributed by atoms with van der Waals surface area (Å²) in [6.07, 6.45) is 0. The Bertz CT molecular complexity index is 1500. The molecule has 1 aromatic heterocycles. The first kappa shape index (κ1) is 22.7. The molecule has 0 bridgehead atoms. The van der Waals surface area contributed by atoms with Gasteiger partial charge in [0.2, 0.25) is 0 Å². The number of aliphatic hydroxyl groups is 1. The molecule has 1 amide bonds. The number of rotatable bonds is 5. The quantitative estimate of drug-likeness (QED) is 0.223. The molecule has 1 atom stereocenters. The Morgan fingerprint density at radius 2 is 1.83 bits per heavy atom. The minimum absolute atomic E-state index is 0.0182. The number of anilines is 1. The number of thiazole rings is 1. The summed E-state index contributed by atoms with van der Waals surface area (Å²) in [6, 6.07) is 14.7. The number of ether oxygens (including phenoxy) is 1. The predicted octanol–water partition coefficient (Wildman–Crippen LogP) is 5.60. The standard InChI is InChI=1S/C26H18F2N2O4S/c1-2-34-16-10-7-14(8-11-16)23(31)21-22(17-5-3-4-6-18(17)28)30(25(33)24(21)32)26-29-19-12-9-15(27)13-20(19)35-26/h3-13,22,31H,2H2,1H3/b23-21+. The smallest absolute Gasteiger partial charge is 0.301 e. The van der Waals surface area contributed by atoms with Crippen LogP contribution in [0.3, 0.4) is 0 Å². The lowest BCUT2D eigenvalue weighted by Gasteiger charge is -2.23. The highest BCUT2D eigenvalue weighted by atomic mass is 32.1. The van der Waals surface area contributed by atoms with Gasteiger partial charge in [-0.15, -0.1) is 0 Å². The second-order valence-electron chi connectivity index (χ2n) is 7.76. The third kappa shape index (κ3) is 3.93. The van der Waals surface area contributed by atoms with Crippen molar-refractivity contribution in [2.75, 3.05) is 11.5 Å². The second-order valence-corrected chi connectivity index (χ2v) is 8.77. The van der Waals surface area contributed by atoms with Crippen molar-refractivity contribution in [2.24, 2.45) is 0 Å². The summed E-state index contributed by atoms with van der Waals surface area (Å²) < 4.78 is 34.6. The van der Waals surface area contributed by atoms with Gasteiger partial charge in [0.25, 0.3) is 5.78 Å². The first-order valence-corrected chi connectivity index (χ1v) is 11.6. The molecule has 0 radical (unpaired) electrons. The second kappa shape index (κ2) is 8.92. The monoisotopic (exact) mass is 492 g/mol. The fourth-order valence-electron chi connectivity index (χ4n) is 4.04. The fourth-order valence-corrected chi connectivity index (χ4v) is 5.06. The maximum absolute atomic E-state index is 15.0. The van der Waals surface area contributed by atoms with Gasteiger partial charge in [-0.3, -0.25) is 14.5 Å². The number of halogens is 2. The van der Waals surface area contributed by atoms with E-state index in [9.17, 15) is 23.5 Å². The van der Waals surface area contributed by atoms with Crippen molar-refractivity contribution in [1.29, 1.82) is 0 Å². The zero-order valence-electron chi connectivity index (χ0n) is 18.4. The van der Waals surface area contributed by atoms with Crippen LogP contribution in [0.1, 0.15) is 24.1 Å². The van der Waals surface area contributed by atoms with Gasteiger partial charge in [-0.2, -0.15) is 0 Å². The van der Waals surface area contributed by atoms with Gasteiger partial charge in [-0.1, -0.05) is 29.5 Å². The van der Waals surface area contributed by atoms with Gasteiger partial charge in [0.15, 0.2) is 5.13 Å². The number of fused-ring (bicyclic) bond motifs is 1. The molecule has 1 N–H and O–H groups in total. The fraction of sp³-hybridized carbons (Fsp3) is 0.115. The number of ketones is 1. The number of Topliss-reactive ketones (excluding diaryl/α,β-unsaturated/α-hetero) is 1. The summed E-state index contributed by atoms with van der Waals surface area (Å²) in [4.78, 5) is 31.9. The van der Waals surface area contributed by atoms with Crippen LogP contribution in [0.2, 0.25) is 0 Å². The van der Waals surface area contributed by atoms with Crippen LogP contribution < -0.4 is 9.64 Å². The van der Waals surface area contributed by atoms with E-state index in [1.165, 1.54) is 36.4 Å². The van der Waals surface area contributed by atoms with Crippen LogP contribution in [0.25, 0.3) is 16.0 Å². The molecule has 5 rings (SSSR count). The van der Waals surface area contributed by atoms with Gasteiger partial charge in [-0.05, 0) is 55.5 Å². The maximum atomic E-state index is 15.0. The molecule has 1 fully saturated rings. The zero-order valence-corrected chi connectivity index (χ0v) is 19.2. The number of amides is 1. The van der Waals surface area contributed by atoms with Crippen molar-refractivity contribution < 1.29 is 28.2 Å². The number of carbonyl (C=O) groups excluding carboxylic acids is 2. The maximum Gasteiger partial charge on any atom is 0.301 e. The third-order valence-corrected chi connectivity index (χ3v) is 6.65. The van der Waals surface area contributed by atoms with Crippen LogP contribution in [0, 0.1) is 11.6 Å². The van der Waals surface area contributed by atoms with Crippen LogP contribution in [0.15, 0.2) is 72.3 Å². The van der Waals surface area contributed by atoms with E-state index in [0.29, 0.717) is 22.6 Å². The molecule has 176 valence electrons. The van der Waals surface area contributed by atoms with E-state index in [0.717, 1.165) is 16.2 Å². The topological polar surface area (TPSA) is 79.7 Å². The minimum Gasteiger partial charge on any atom is -0.507 e. The molecular formula is C26H18F2N2O4S. The van der Waals surface area contributed by atoms with Crippen molar-refractivity contribution in [3.05, 3.63) is 95.1 Å². The molecular weight excluding hydrogens is 474 g/mol. The zero-order chi connectivity index (χ0) is 24.7. The van der Waals surface area contributed by atoms with Crippen LogP contribution in [-0.4, -0.2) is 28.4 Å². The Kier molecular flexibility index (Phi) is 5.78. The summed E-state index contributed by atoms with van der Waals surface area (Å²) in [7, 11) is 0. The SMILES string of the molecule is CCOc1ccc(/C(O)=C2\C(=O)C(=O)N(c3nc4ccc(F)cc4s3)C2c2ccccc2F)cc1.